The second kappa shape index (κ2) is 4.49. The summed E-state index contributed by atoms with van der Waals surface area (Å²) in [6.07, 6.45) is 0. The Morgan fingerprint density at radius 3 is 2.69 bits per heavy atom. The van der Waals surface area contributed by atoms with Crippen LogP contribution in [0.3, 0.4) is 0 Å². The zero-order valence-corrected chi connectivity index (χ0v) is 8.85. The summed E-state index contributed by atoms with van der Waals surface area (Å²) < 4.78 is 5.22. The lowest BCUT2D eigenvalue weighted by atomic mass is 10.1. The maximum atomic E-state index is 5.89. The molecule has 0 aliphatic rings. The highest BCUT2D eigenvalue weighted by Crippen LogP contribution is 2.27. The van der Waals surface area contributed by atoms with E-state index in [0.717, 1.165) is 16.3 Å². The van der Waals surface area contributed by atoms with Gasteiger partial charge in [0, 0.05) is 16.6 Å². The van der Waals surface area contributed by atoms with Crippen LogP contribution in [0.2, 0.25) is 5.02 Å². The van der Waals surface area contributed by atoms with Gasteiger partial charge in [-0.15, -0.1) is 0 Å². The molecule has 2 nitrogen and oxygen atoms in total. The molecule has 0 aliphatic carbocycles. The summed E-state index contributed by atoms with van der Waals surface area (Å²) in [5, 5.41) is 3.88. The molecule has 0 fully saturated rings. The first-order valence-corrected chi connectivity index (χ1v) is 4.57. The molecule has 0 saturated carbocycles. The fourth-order valence-electron chi connectivity index (χ4n) is 1.20. The van der Waals surface area contributed by atoms with E-state index in [9.17, 15) is 0 Å². The first kappa shape index (κ1) is 10.4. The first-order valence-electron chi connectivity index (χ1n) is 4.19. The Balaban J connectivity index is 3.07. The van der Waals surface area contributed by atoms with Crippen molar-refractivity contribution >= 4 is 11.6 Å². The van der Waals surface area contributed by atoms with Crippen LogP contribution < -0.4 is 10.1 Å². The van der Waals surface area contributed by atoms with Crippen LogP contribution in [0.25, 0.3) is 0 Å². The first-order chi connectivity index (χ1) is 6.19. The fraction of sp³-hybridized carbons (Fsp3) is 0.400. The Labute approximate surface area is 83.9 Å². The van der Waals surface area contributed by atoms with Crippen LogP contribution in [0.4, 0.5) is 0 Å². The average Bonchev–Trinajstić information content (AvgIpc) is 2.16. The number of ether oxygens (including phenoxy) is 1. The maximum absolute atomic E-state index is 5.89. The van der Waals surface area contributed by atoms with Gasteiger partial charge in [-0.3, -0.25) is 0 Å². The zero-order chi connectivity index (χ0) is 9.84. The average molecular weight is 200 g/mol. The van der Waals surface area contributed by atoms with Gasteiger partial charge in [-0.1, -0.05) is 11.6 Å². The third kappa shape index (κ3) is 2.36. The van der Waals surface area contributed by atoms with Crippen molar-refractivity contribution in [2.24, 2.45) is 0 Å². The van der Waals surface area contributed by atoms with E-state index in [1.807, 2.05) is 25.2 Å². The minimum Gasteiger partial charge on any atom is -0.496 e. The van der Waals surface area contributed by atoms with E-state index < -0.39 is 0 Å². The number of hydrogen-bond acceptors (Lipinski definition) is 2. The number of benzene rings is 1. The van der Waals surface area contributed by atoms with E-state index in [1.54, 1.807) is 7.11 Å². The largest absolute Gasteiger partial charge is 0.496 e. The van der Waals surface area contributed by atoms with Crippen LogP contribution in [0, 0.1) is 0 Å². The molecule has 0 amide bonds. The molecule has 0 aliphatic heterocycles. The van der Waals surface area contributed by atoms with E-state index in [-0.39, 0.29) is 6.04 Å². The Kier molecular flexibility index (Phi) is 3.58. The third-order valence-electron chi connectivity index (χ3n) is 2.09. The second-order valence-electron chi connectivity index (χ2n) is 2.90. The second-order valence-corrected chi connectivity index (χ2v) is 3.33. The predicted octanol–water partition coefficient (Wildman–Crippen LogP) is 2.63. The molecule has 0 aromatic heterocycles. The summed E-state index contributed by atoms with van der Waals surface area (Å²) in [5.74, 6) is 0.867. The summed E-state index contributed by atoms with van der Waals surface area (Å²) in [5.41, 5.74) is 1.08. The predicted molar refractivity (Wildman–Crippen MR) is 55.5 cm³/mol. The van der Waals surface area contributed by atoms with Crippen molar-refractivity contribution < 1.29 is 4.74 Å². The van der Waals surface area contributed by atoms with E-state index in [4.69, 9.17) is 16.3 Å². The van der Waals surface area contributed by atoms with Gasteiger partial charge in [-0.25, -0.2) is 0 Å². The summed E-state index contributed by atoms with van der Waals surface area (Å²) in [6, 6.07) is 5.87. The molecule has 1 N–H and O–H groups in total. The van der Waals surface area contributed by atoms with Gasteiger partial charge in [0.25, 0.3) is 0 Å². The van der Waals surface area contributed by atoms with E-state index in [2.05, 4.69) is 12.2 Å². The number of rotatable bonds is 3. The molecule has 1 unspecified atom stereocenters. The quantitative estimate of drug-likeness (QED) is 0.808. The third-order valence-corrected chi connectivity index (χ3v) is 2.33. The highest BCUT2D eigenvalue weighted by molar-refractivity contribution is 6.30. The molecule has 0 spiro atoms. The minimum atomic E-state index is 0.244. The summed E-state index contributed by atoms with van der Waals surface area (Å²) >= 11 is 5.89. The summed E-state index contributed by atoms with van der Waals surface area (Å²) in [7, 11) is 3.57. The van der Waals surface area contributed by atoms with Crippen LogP contribution >= 0.6 is 11.6 Å². The molecule has 1 rings (SSSR count). The van der Waals surface area contributed by atoms with Crippen LogP contribution in [-0.4, -0.2) is 14.2 Å². The van der Waals surface area contributed by atoms with Gasteiger partial charge in [-0.05, 0) is 32.2 Å². The molecular weight excluding hydrogens is 186 g/mol. The van der Waals surface area contributed by atoms with Crippen LogP contribution in [0.15, 0.2) is 18.2 Å². The van der Waals surface area contributed by atoms with Crippen molar-refractivity contribution in [3.63, 3.8) is 0 Å². The van der Waals surface area contributed by atoms with Crippen molar-refractivity contribution in [1.82, 2.24) is 5.32 Å². The Morgan fingerprint density at radius 1 is 1.46 bits per heavy atom. The van der Waals surface area contributed by atoms with E-state index in [1.165, 1.54) is 0 Å². The number of hydrogen-bond donors (Lipinski definition) is 1. The minimum absolute atomic E-state index is 0.244. The van der Waals surface area contributed by atoms with Crippen molar-refractivity contribution in [3.05, 3.63) is 28.8 Å². The Morgan fingerprint density at radius 2 is 2.15 bits per heavy atom. The standard InChI is InChI=1S/C10H14ClNO/c1-7(12-2)9-6-8(11)4-5-10(9)13-3/h4-7,12H,1-3H3. The monoisotopic (exact) mass is 199 g/mol. The lowest BCUT2D eigenvalue weighted by Crippen LogP contribution is -2.13. The smallest absolute Gasteiger partial charge is 0.123 e. The molecule has 72 valence electrons. The van der Waals surface area contributed by atoms with Gasteiger partial charge in [0.05, 0.1) is 7.11 Å². The van der Waals surface area contributed by atoms with Gasteiger partial charge >= 0.3 is 0 Å². The molecule has 1 atom stereocenters. The van der Waals surface area contributed by atoms with Gasteiger partial charge in [0.1, 0.15) is 5.75 Å². The van der Waals surface area contributed by atoms with Gasteiger partial charge in [0.15, 0.2) is 0 Å². The molecule has 1 aromatic carbocycles. The topological polar surface area (TPSA) is 21.3 Å². The van der Waals surface area contributed by atoms with Crippen LogP contribution in [-0.2, 0) is 0 Å². The van der Waals surface area contributed by atoms with Crippen molar-refractivity contribution in [1.29, 1.82) is 0 Å². The maximum Gasteiger partial charge on any atom is 0.123 e. The number of nitrogens with one attached hydrogen (secondary N) is 1. The lowest BCUT2D eigenvalue weighted by Gasteiger charge is -2.14. The normalized spacial score (nSPS) is 12.6. The van der Waals surface area contributed by atoms with Crippen LogP contribution in [0.5, 0.6) is 5.75 Å². The Bertz CT molecular complexity index is 288. The summed E-state index contributed by atoms with van der Waals surface area (Å²) in [4.78, 5) is 0. The van der Waals surface area contributed by atoms with Gasteiger partial charge in [-0.2, -0.15) is 0 Å². The molecule has 0 bridgehead atoms. The molecule has 0 saturated heterocycles. The highest BCUT2D eigenvalue weighted by Gasteiger charge is 2.09. The van der Waals surface area contributed by atoms with Crippen molar-refractivity contribution in [3.8, 4) is 5.75 Å². The molecule has 0 radical (unpaired) electrons. The number of methoxy groups -OCH3 is 1. The SMILES string of the molecule is CNC(C)c1cc(Cl)ccc1OC. The van der Waals surface area contributed by atoms with Gasteiger partial charge in [0.2, 0.25) is 0 Å². The van der Waals surface area contributed by atoms with E-state index >= 15 is 0 Å². The molecular formula is C10H14ClNO. The summed E-state index contributed by atoms with van der Waals surface area (Å²) in [6.45, 7) is 2.06. The number of halogens is 1. The van der Waals surface area contributed by atoms with Crippen LogP contribution in [0.1, 0.15) is 18.5 Å². The van der Waals surface area contributed by atoms with Crippen molar-refractivity contribution in [2.45, 2.75) is 13.0 Å². The molecule has 1 aromatic rings. The molecule has 0 heterocycles. The molecule has 3 heteroatoms. The zero-order valence-electron chi connectivity index (χ0n) is 8.10. The van der Waals surface area contributed by atoms with Crippen molar-refractivity contribution in [2.75, 3.05) is 14.2 Å². The lowest BCUT2D eigenvalue weighted by molar-refractivity contribution is 0.404. The van der Waals surface area contributed by atoms with Gasteiger partial charge < -0.3 is 10.1 Å². The fourth-order valence-corrected chi connectivity index (χ4v) is 1.38. The molecule has 13 heavy (non-hydrogen) atoms. The Hall–Kier alpha value is -0.730. The highest BCUT2D eigenvalue weighted by atomic mass is 35.5. The van der Waals surface area contributed by atoms with E-state index in [0.29, 0.717) is 0 Å².